The van der Waals surface area contributed by atoms with Crippen LogP contribution in [0.15, 0.2) is 54.9 Å². The van der Waals surface area contributed by atoms with Crippen molar-refractivity contribution in [3.05, 3.63) is 60.6 Å². The zero-order chi connectivity index (χ0) is 13.2. The number of carbonyl (C=O) groups is 1. The van der Waals surface area contributed by atoms with Gasteiger partial charge in [-0.2, -0.15) is 0 Å². The minimum absolute atomic E-state index is 0.270. The van der Waals surface area contributed by atoms with Crippen molar-refractivity contribution in [2.45, 2.75) is 0 Å². The monoisotopic (exact) mass is 249 g/mol. The molecule has 3 aromatic rings. The van der Waals surface area contributed by atoms with E-state index >= 15 is 0 Å². The van der Waals surface area contributed by atoms with Crippen LogP contribution in [0.25, 0.3) is 22.0 Å². The number of amides is 1. The summed E-state index contributed by atoms with van der Waals surface area (Å²) in [4.78, 5) is 20.0. The van der Waals surface area contributed by atoms with Gasteiger partial charge in [-0.15, -0.1) is 0 Å². The van der Waals surface area contributed by atoms with E-state index in [9.17, 15) is 4.79 Å². The molecule has 2 heterocycles. The Morgan fingerprint density at radius 3 is 2.53 bits per heavy atom. The minimum atomic E-state index is -0.537. The van der Waals surface area contributed by atoms with E-state index in [4.69, 9.17) is 5.73 Å². The Labute approximate surface area is 109 Å². The summed E-state index contributed by atoms with van der Waals surface area (Å²) in [7, 11) is 0. The smallest absolute Gasteiger partial charge is 0.267 e. The van der Waals surface area contributed by atoms with Gasteiger partial charge in [-0.3, -0.25) is 9.78 Å². The van der Waals surface area contributed by atoms with Crippen LogP contribution in [0.3, 0.4) is 0 Å². The fraction of sp³-hybridized carbons (Fsp3) is 0. The molecule has 0 saturated carbocycles. The van der Waals surface area contributed by atoms with Crippen molar-refractivity contribution in [2.75, 3.05) is 0 Å². The summed E-state index contributed by atoms with van der Waals surface area (Å²) in [5.41, 5.74) is 8.07. The summed E-state index contributed by atoms with van der Waals surface area (Å²) < 4.78 is 0. The lowest BCUT2D eigenvalue weighted by Gasteiger charge is -2.09. The molecule has 0 saturated heterocycles. The first-order chi connectivity index (χ1) is 9.27. The van der Waals surface area contributed by atoms with Crippen LogP contribution in [0.4, 0.5) is 0 Å². The Bertz CT molecular complexity index is 754. The molecule has 19 heavy (non-hydrogen) atoms. The molecule has 4 heteroatoms. The van der Waals surface area contributed by atoms with Crippen LogP contribution in [-0.4, -0.2) is 15.9 Å². The van der Waals surface area contributed by atoms with E-state index in [0.717, 1.165) is 22.0 Å². The highest BCUT2D eigenvalue weighted by molar-refractivity contribution is 6.06. The minimum Gasteiger partial charge on any atom is -0.364 e. The molecule has 0 fully saturated rings. The van der Waals surface area contributed by atoms with Crippen molar-refractivity contribution >= 4 is 16.8 Å². The third-order valence-corrected chi connectivity index (χ3v) is 2.96. The quantitative estimate of drug-likeness (QED) is 0.758. The molecule has 0 aliphatic heterocycles. The second-order valence-corrected chi connectivity index (χ2v) is 4.15. The van der Waals surface area contributed by atoms with Gasteiger partial charge in [0, 0.05) is 17.1 Å². The molecule has 3 rings (SSSR count). The maximum absolute atomic E-state index is 11.6. The molecule has 2 N–H and O–H groups in total. The van der Waals surface area contributed by atoms with Gasteiger partial charge in [0.25, 0.3) is 5.91 Å². The largest absolute Gasteiger partial charge is 0.364 e. The van der Waals surface area contributed by atoms with E-state index in [-0.39, 0.29) is 5.69 Å². The number of fused-ring (bicyclic) bond motifs is 1. The lowest BCUT2D eigenvalue weighted by Crippen LogP contribution is -2.14. The van der Waals surface area contributed by atoms with Gasteiger partial charge in [0.15, 0.2) is 0 Å². The van der Waals surface area contributed by atoms with Crippen molar-refractivity contribution < 1.29 is 4.79 Å². The number of nitrogens with zero attached hydrogens (tertiary/aromatic N) is 2. The number of aromatic nitrogens is 2. The Morgan fingerprint density at radius 1 is 1.00 bits per heavy atom. The molecule has 0 atom stereocenters. The predicted molar refractivity (Wildman–Crippen MR) is 73.5 cm³/mol. The first-order valence-corrected chi connectivity index (χ1v) is 5.86. The van der Waals surface area contributed by atoms with E-state index in [1.165, 1.54) is 0 Å². The first kappa shape index (κ1) is 11.3. The van der Waals surface area contributed by atoms with Crippen LogP contribution in [-0.2, 0) is 0 Å². The standard InChI is InChI=1S/C15H11N3O/c16-15(19)14-13(10-5-2-1-3-6-10)11-7-4-8-17-12(11)9-18-14/h1-9H,(H2,16,19). The number of hydrogen-bond donors (Lipinski definition) is 1. The number of pyridine rings is 2. The zero-order valence-corrected chi connectivity index (χ0v) is 10.1. The van der Waals surface area contributed by atoms with E-state index in [1.807, 2.05) is 42.5 Å². The van der Waals surface area contributed by atoms with Crippen LogP contribution in [0.5, 0.6) is 0 Å². The highest BCUT2D eigenvalue weighted by Crippen LogP contribution is 2.29. The number of primary amides is 1. The van der Waals surface area contributed by atoms with Gasteiger partial charge in [-0.25, -0.2) is 4.98 Å². The second kappa shape index (κ2) is 4.49. The van der Waals surface area contributed by atoms with Crippen molar-refractivity contribution in [1.82, 2.24) is 9.97 Å². The lowest BCUT2D eigenvalue weighted by atomic mass is 9.99. The van der Waals surface area contributed by atoms with Crippen molar-refractivity contribution in [2.24, 2.45) is 5.73 Å². The van der Waals surface area contributed by atoms with Crippen LogP contribution < -0.4 is 5.73 Å². The SMILES string of the molecule is NC(=O)c1ncc2ncccc2c1-c1ccccc1. The molecule has 0 radical (unpaired) electrons. The number of rotatable bonds is 2. The van der Waals surface area contributed by atoms with Gasteiger partial charge in [0.2, 0.25) is 0 Å². The summed E-state index contributed by atoms with van der Waals surface area (Å²) in [5, 5.41) is 0.873. The molecular formula is C15H11N3O. The second-order valence-electron chi connectivity index (χ2n) is 4.15. The summed E-state index contributed by atoms with van der Waals surface area (Å²) in [5.74, 6) is -0.537. The predicted octanol–water partition coefficient (Wildman–Crippen LogP) is 2.40. The summed E-state index contributed by atoms with van der Waals surface area (Å²) >= 11 is 0. The van der Waals surface area contributed by atoms with Crippen LogP contribution in [0, 0.1) is 0 Å². The van der Waals surface area contributed by atoms with Gasteiger partial charge in [0.1, 0.15) is 5.69 Å². The van der Waals surface area contributed by atoms with Gasteiger partial charge in [-0.1, -0.05) is 36.4 Å². The number of hydrogen-bond acceptors (Lipinski definition) is 3. The lowest BCUT2D eigenvalue weighted by molar-refractivity contribution is 0.0996. The molecule has 0 aliphatic carbocycles. The van der Waals surface area contributed by atoms with Crippen LogP contribution in [0.2, 0.25) is 0 Å². The van der Waals surface area contributed by atoms with Crippen LogP contribution in [0.1, 0.15) is 10.5 Å². The molecule has 0 aliphatic rings. The maximum atomic E-state index is 11.6. The Morgan fingerprint density at radius 2 is 1.79 bits per heavy atom. The van der Waals surface area contributed by atoms with E-state index < -0.39 is 5.91 Å². The highest BCUT2D eigenvalue weighted by atomic mass is 16.1. The number of benzene rings is 1. The van der Waals surface area contributed by atoms with E-state index in [1.54, 1.807) is 12.4 Å². The molecule has 0 bridgehead atoms. The molecule has 0 unspecified atom stereocenters. The number of carbonyl (C=O) groups excluding carboxylic acids is 1. The Kier molecular flexibility index (Phi) is 2.68. The molecular weight excluding hydrogens is 238 g/mol. The molecule has 1 amide bonds. The van der Waals surface area contributed by atoms with Crippen LogP contribution >= 0.6 is 0 Å². The fourth-order valence-corrected chi connectivity index (χ4v) is 2.13. The summed E-state index contributed by atoms with van der Waals surface area (Å²) in [6.07, 6.45) is 3.27. The highest BCUT2D eigenvalue weighted by Gasteiger charge is 2.15. The summed E-state index contributed by atoms with van der Waals surface area (Å²) in [6.45, 7) is 0. The summed E-state index contributed by atoms with van der Waals surface area (Å²) in [6, 6.07) is 13.3. The van der Waals surface area contributed by atoms with Gasteiger partial charge in [-0.05, 0) is 11.6 Å². The molecule has 92 valence electrons. The van der Waals surface area contributed by atoms with Gasteiger partial charge in [0.05, 0.1) is 11.7 Å². The van der Waals surface area contributed by atoms with Crippen molar-refractivity contribution in [3.8, 4) is 11.1 Å². The first-order valence-electron chi connectivity index (χ1n) is 5.86. The average Bonchev–Trinajstić information content (AvgIpc) is 2.46. The molecule has 1 aromatic carbocycles. The van der Waals surface area contributed by atoms with Gasteiger partial charge < -0.3 is 5.73 Å². The maximum Gasteiger partial charge on any atom is 0.267 e. The third kappa shape index (κ3) is 1.93. The van der Waals surface area contributed by atoms with Gasteiger partial charge >= 0.3 is 0 Å². The zero-order valence-electron chi connectivity index (χ0n) is 10.1. The third-order valence-electron chi connectivity index (χ3n) is 2.96. The van der Waals surface area contributed by atoms with Crippen molar-refractivity contribution in [3.63, 3.8) is 0 Å². The Balaban J connectivity index is 2.42. The number of nitrogens with two attached hydrogens (primary N) is 1. The average molecular weight is 249 g/mol. The topological polar surface area (TPSA) is 68.9 Å². The molecule has 2 aromatic heterocycles. The van der Waals surface area contributed by atoms with E-state index in [2.05, 4.69) is 9.97 Å². The Hall–Kier alpha value is -2.75. The van der Waals surface area contributed by atoms with Crippen molar-refractivity contribution in [1.29, 1.82) is 0 Å². The molecule has 4 nitrogen and oxygen atoms in total. The molecule has 0 spiro atoms. The fourth-order valence-electron chi connectivity index (χ4n) is 2.13. The van der Waals surface area contributed by atoms with E-state index in [0.29, 0.717) is 0 Å². The normalized spacial score (nSPS) is 10.5.